The molecule has 1 aromatic carbocycles. The minimum atomic E-state index is -1.00. The van der Waals surface area contributed by atoms with Crippen molar-refractivity contribution in [1.82, 2.24) is 0 Å². The maximum absolute atomic E-state index is 14.4. The van der Waals surface area contributed by atoms with Crippen molar-refractivity contribution < 1.29 is 23.8 Å². The summed E-state index contributed by atoms with van der Waals surface area (Å²) >= 11 is 0. The maximum Gasteiger partial charge on any atom is 0.316 e. The van der Waals surface area contributed by atoms with E-state index in [-0.39, 0.29) is 23.5 Å². The Kier molecular flexibility index (Phi) is 6.51. The standard InChI is InChI=1S/C20H29FO4/c1-8-15(22)13-11-16(25-18(24)20(5,6)7)12(9-14(13)21)10-17(23)19(2,3)4/h9,11,15,22H,8,10H2,1-7H3. The smallest absolute Gasteiger partial charge is 0.316 e. The molecule has 1 rings (SSSR count). The van der Waals surface area contributed by atoms with Gasteiger partial charge in [-0.25, -0.2) is 4.39 Å². The highest BCUT2D eigenvalue weighted by Crippen LogP contribution is 2.32. The van der Waals surface area contributed by atoms with E-state index in [2.05, 4.69) is 0 Å². The van der Waals surface area contributed by atoms with Gasteiger partial charge in [-0.05, 0) is 39.3 Å². The minimum absolute atomic E-state index is 0.0460. The Morgan fingerprint density at radius 1 is 1.12 bits per heavy atom. The van der Waals surface area contributed by atoms with Crippen LogP contribution in [0, 0.1) is 16.6 Å². The average Bonchev–Trinajstić information content (AvgIpc) is 2.46. The summed E-state index contributed by atoms with van der Waals surface area (Å²) in [6.45, 7) is 12.2. The molecular formula is C20H29FO4. The summed E-state index contributed by atoms with van der Waals surface area (Å²) in [5.41, 5.74) is -0.972. The first-order valence-corrected chi connectivity index (χ1v) is 8.53. The Labute approximate surface area is 149 Å². The summed E-state index contributed by atoms with van der Waals surface area (Å²) in [6, 6.07) is 2.52. The van der Waals surface area contributed by atoms with Gasteiger partial charge < -0.3 is 9.84 Å². The Morgan fingerprint density at radius 3 is 2.12 bits per heavy atom. The van der Waals surface area contributed by atoms with Crippen molar-refractivity contribution in [3.63, 3.8) is 0 Å². The predicted molar refractivity (Wildman–Crippen MR) is 94.9 cm³/mol. The van der Waals surface area contributed by atoms with E-state index >= 15 is 0 Å². The van der Waals surface area contributed by atoms with E-state index in [1.54, 1.807) is 48.5 Å². The molecule has 25 heavy (non-hydrogen) atoms. The Bertz CT molecular complexity index is 651. The number of aliphatic hydroxyl groups is 1. The Morgan fingerprint density at radius 2 is 1.68 bits per heavy atom. The molecule has 0 amide bonds. The number of aliphatic hydroxyl groups excluding tert-OH is 1. The van der Waals surface area contributed by atoms with Gasteiger partial charge in [0.1, 0.15) is 17.3 Å². The second-order valence-corrected chi connectivity index (χ2v) is 8.39. The van der Waals surface area contributed by atoms with E-state index in [1.807, 2.05) is 0 Å². The fourth-order valence-corrected chi connectivity index (χ4v) is 2.01. The third-order valence-corrected chi connectivity index (χ3v) is 3.93. The van der Waals surface area contributed by atoms with Gasteiger partial charge in [-0.2, -0.15) is 0 Å². The largest absolute Gasteiger partial charge is 0.426 e. The van der Waals surface area contributed by atoms with Gasteiger partial charge in [-0.15, -0.1) is 0 Å². The number of esters is 1. The zero-order chi connectivity index (χ0) is 19.6. The first kappa shape index (κ1) is 21.3. The third-order valence-electron chi connectivity index (χ3n) is 3.93. The maximum atomic E-state index is 14.4. The van der Waals surface area contributed by atoms with Gasteiger partial charge in [0, 0.05) is 23.0 Å². The van der Waals surface area contributed by atoms with Crippen molar-refractivity contribution in [2.24, 2.45) is 10.8 Å². The average molecular weight is 352 g/mol. The lowest BCUT2D eigenvalue weighted by atomic mass is 9.86. The lowest BCUT2D eigenvalue weighted by Crippen LogP contribution is -2.27. The molecule has 0 heterocycles. The number of ether oxygens (including phenoxy) is 1. The molecule has 0 aromatic heterocycles. The SMILES string of the molecule is CCC(O)c1cc(OC(=O)C(C)(C)C)c(CC(=O)C(C)(C)C)cc1F. The zero-order valence-electron chi connectivity index (χ0n) is 16.2. The van der Waals surface area contributed by atoms with Gasteiger partial charge in [-0.3, -0.25) is 9.59 Å². The topological polar surface area (TPSA) is 63.6 Å². The van der Waals surface area contributed by atoms with E-state index in [4.69, 9.17) is 4.74 Å². The van der Waals surface area contributed by atoms with E-state index in [9.17, 15) is 19.1 Å². The summed E-state index contributed by atoms with van der Waals surface area (Å²) in [5, 5.41) is 9.98. The molecule has 1 aromatic rings. The molecule has 4 nitrogen and oxygen atoms in total. The van der Waals surface area contributed by atoms with E-state index < -0.39 is 28.7 Å². The van der Waals surface area contributed by atoms with Crippen LogP contribution in [0.25, 0.3) is 0 Å². The van der Waals surface area contributed by atoms with Gasteiger partial charge >= 0.3 is 5.97 Å². The lowest BCUT2D eigenvalue weighted by molar-refractivity contribution is -0.143. The zero-order valence-corrected chi connectivity index (χ0v) is 16.2. The molecule has 1 atom stereocenters. The van der Waals surface area contributed by atoms with Crippen LogP contribution in [0.5, 0.6) is 5.75 Å². The highest BCUT2D eigenvalue weighted by Gasteiger charge is 2.28. The summed E-state index contributed by atoms with van der Waals surface area (Å²) in [6.07, 6.45) is -0.723. The predicted octanol–water partition coefficient (Wildman–Crippen LogP) is 4.38. The number of halogens is 1. The highest BCUT2D eigenvalue weighted by atomic mass is 19.1. The number of ketones is 1. The van der Waals surface area contributed by atoms with Crippen LogP contribution in [0.15, 0.2) is 12.1 Å². The normalized spacial score (nSPS) is 13.5. The van der Waals surface area contributed by atoms with Crippen LogP contribution in [0.3, 0.4) is 0 Å². The van der Waals surface area contributed by atoms with E-state index in [0.717, 1.165) is 0 Å². The van der Waals surface area contributed by atoms with Crippen molar-refractivity contribution in [3.8, 4) is 5.75 Å². The van der Waals surface area contributed by atoms with E-state index in [1.165, 1.54) is 12.1 Å². The third kappa shape index (κ3) is 5.63. The Hall–Kier alpha value is -1.75. The number of carbonyl (C=O) groups excluding carboxylic acids is 2. The van der Waals surface area contributed by atoms with Crippen LogP contribution in [0.4, 0.5) is 4.39 Å². The first-order chi connectivity index (χ1) is 11.3. The van der Waals surface area contributed by atoms with Crippen LogP contribution < -0.4 is 4.74 Å². The molecular weight excluding hydrogens is 323 g/mol. The molecule has 140 valence electrons. The van der Waals surface area contributed by atoms with Gasteiger partial charge in [-0.1, -0.05) is 27.7 Å². The second kappa shape index (κ2) is 7.65. The Balaban J connectivity index is 3.36. The lowest BCUT2D eigenvalue weighted by Gasteiger charge is -2.21. The molecule has 0 fully saturated rings. The van der Waals surface area contributed by atoms with Crippen molar-refractivity contribution in [2.45, 2.75) is 67.4 Å². The number of carbonyl (C=O) groups is 2. The molecule has 1 unspecified atom stereocenters. The molecule has 0 aliphatic rings. The van der Waals surface area contributed by atoms with Crippen molar-refractivity contribution in [2.75, 3.05) is 0 Å². The van der Waals surface area contributed by atoms with Crippen LogP contribution in [0.2, 0.25) is 0 Å². The molecule has 0 aliphatic carbocycles. The monoisotopic (exact) mass is 352 g/mol. The fraction of sp³-hybridized carbons (Fsp3) is 0.600. The molecule has 5 heteroatoms. The van der Waals surface area contributed by atoms with Crippen molar-refractivity contribution >= 4 is 11.8 Å². The molecule has 0 bridgehead atoms. The quantitative estimate of drug-likeness (QED) is 0.631. The molecule has 1 N–H and O–H groups in total. The number of Topliss-reactive ketones (excluding diaryl/α,β-unsaturated/α-hetero) is 1. The number of hydrogen-bond acceptors (Lipinski definition) is 4. The second-order valence-electron chi connectivity index (χ2n) is 8.39. The van der Waals surface area contributed by atoms with Crippen LogP contribution in [0.1, 0.15) is 72.1 Å². The molecule has 0 saturated carbocycles. The summed E-state index contributed by atoms with van der Waals surface area (Å²) in [4.78, 5) is 24.6. The summed E-state index contributed by atoms with van der Waals surface area (Å²) in [5.74, 6) is -1.06. The van der Waals surface area contributed by atoms with Crippen LogP contribution in [-0.4, -0.2) is 16.9 Å². The van der Waals surface area contributed by atoms with Crippen LogP contribution >= 0.6 is 0 Å². The number of benzene rings is 1. The van der Waals surface area contributed by atoms with Gasteiger partial charge in [0.05, 0.1) is 11.5 Å². The van der Waals surface area contributed by atoms with E-state index in [0.29, 0.717) is 12.0 Å². The molecule has 0 spiro atoms. The molecule has 0 radical (unpaired) electrons. The molecule has 0 saturated heterocycles. The first-order valence-electron chi connectivity index (χ1n) is 8.53. The van der Waals surface area contributed by atoms with Crippen LogP contribution in [-0.2, 0) is 16.0 Å². The van der Waals surface area contributed by atoms with Gasteiger partial charge in [0.25, 0.3) is 0 Å². The van der Waals surface area contributed by atoms with Gasteiger partial charge in [0.2, 0.25) is 0 Å². The molecule has 0 aliphatic heterocycles. The van der Waals surface area contributed by atoms with Crippen molar-refractivity contribution in [3.05, 3.63) is 29.1 Å². The number of rotatable bonds is 5. The summed E-state index contributed by atoms with van der Waals surface area (Å²) in [7, 11) is 0. The fourth-order valence-electron chi connectivity index (χ4n) is 2.01. The van der Waals surface area contributed by atoms with Crippen molar-refractivity contribution in [1.29, 1.82) is 0 Å². The summed E-state index contributed by atoms with van der Waals surface area (Å²) < 4.78 is 19.8. The van der Waals surface area contributed by atoms with Gasteiger partial charge in [0.15, 0.2) is 0 Å². The number of hydrogen-bond donors (Lipinski definition) is 1. The highest BCUT2D eigenvalue weighted by molar-refractivity contribution is 5.87. The minimum Gasteiger partial charge on any atom is -0.426 e.